The van der Waals surface area contributed by atoms with E-state index in [2.05, 4.69) is 10.5 Å². The summed E-state index contributed by atoms with van der Waals surface area (Å²) in [5.74, 6) is -0.450. The van der Waals surface area contributed by atoms with E-state index < -0.39 is 24.1 Å². The van der Waals surface area contributed by atoms with Crippen molar-refractivity contribution in [1.29, 1.82) is 0 Å². The summed E-state index contributed by atoms with van der Waals surface area (Å²) in [4.78, 5) is 12.5. The minimum Gasteiger partial charge on any atom is -0.447 e. The number of Topliss-reactive ketones (excluding diaryl/α,β-unsaturated/α-hetero) is 1. The molecule has 7 nitrogen and oxygen atoms in total. The smallest absolute Gasteiger partial charge is 0.416 e. The molecule has 12 heteroatoms. The van der Waals surface area contributed by atoms with Gasteiger partial charge in [0, 0.05) is 11.6 Å². The largest absolute Gasteiger partial charge is 0.447 e. The second kappa shape index (κ2) is 7.08. The van der Waals surface area contributed by atoms with Crippen molar-refractivity contribution in [3.05, 3.63) is 57.5 Å². The van der Waals surface area contributed by atoms with Gasteiger partial charge in [-0.25, -0.2) is 4.68 Å². The van der Waals surface area contributed by atoms with Crippen LogP contribution in [0.5, 0.6) is 0 Å². The van der Waals surface area contributed by atoms with Crippen LogP contribution in [0.1, 0.15) is 15.9 Å². The van der Waals surface area contributed by atoms with E-state index in [0.29, 0.717) is 12.0 Å². The number of nitrogen functional groups attached to an aromatic ring is 1. The lowest BCUT2D eigenvalue weighted by Crippen LogP contribution is -2.15. The summed E-state index contributed by atoms with van der Waals surface area (Å²) < 4.78 is 46.0. The maximum atomic E-state index is 12.9. The van der Waals surface area contributed by atoms with E-state index in [1.165, 1.54) is 10.9 Å². The van der Waals surface area contributed by atoms with Crippen molar-refractivity contribution in [3.63, 3.8) is 0 Å². The van der Waals surface area contributed by atoms with Gasteiger partial charge in [0.25, 0.3) is 0 Å². The summed E-state index contributed by atoms with van der Waals surface area (Å²) >= 11 is 11.1. The van der Waals surface area contributed by atoms with E-state index in [-0.39, 0.29) is 21.3 Å². The molecule has 0 aliphatic rings. The van der Waals surface area contributed by atoms with Crippen LogP contribution in [0.3, 0.4) is 0 Å². The predicted molar refractivity (Wildman–Crippen MR) is 94.0 cm³/mol. The molecule has 0 saturated heterocycles. The van der Waals surface area contributed by atoms with E-state index in [0.717, 1.165) is 16.8 Å². The van der Waals surface area contributed by atoms with Gasteiger partial charge in [0.1, 0.15) is 6.54 Å². The average Bonchev–Trinajstić information content (AvgIpc) is 3.18. The Balaban J connectivity index is 1.88. The van der Waals surface area contributed by atoms with Gasteiger partial charge in [-0.3, -0.25) is 10.2 Å². The van der Waals surface area contributed by atoms with Crippen molar-refractivity contribution in [1.82, 2.24) is 14.5 Å². The first-order valence-corrected chi connectivity index (χ1v) is 8.11. The van der Waals surface area contributed by atoms with Crippen molar-refractivity contribution >= 4 is 41.4 Å². The number of alkyl halides is 3. The third kappa shape index (κ3) is 3.98. The fourth-order valence-corrected chi connectivity index (χ4v) is 2.69. The minimum absolute atomic E-state index is 0.0142. The van der Waals surface area contributed by atoms with Crippen LogP contribution >= 0.6 is 23.8 Å². The number of nitrogens with two attached hydrogens (primary N) is 1. The van der Waals surface area contributed by atoms with Crippen molar-refractivity contribution < 1.29 is 22.4 Å². The maximum absolute atomic E-state index is 12.9. The molecule has 27 heavy (non-hydrogen) atoms. The molecule has 2 heterocycles. The molecule has 0 amide bonds. The third-order valence-corrected chi connectivity index (χ3v) is 4.22. The zero-order chi connectivity index (χ0) is 19.8. The van der Waals surface area contributed by atoms with Gasteiger partial charge in [-0.2, -0.15) is 17.8 Å². The Morgan fingerprint density at radius 3 is 2.74 bits per heavy atom. The molecule has 142 valence electrons. The molecule has 3 aromatic rings. The Bertz CT molecular complexity index is 1040. The van der Waals surface area contributed by atoms with Gasteiger partial charge in [0.15, 0.2) is 5.78 Å². The fraction of sp³-hybridized carbons (Fsp3) is 0.133. The molecule has 0 aliphatic heterocycles. The molecule has 0 fully saturated rings. The lowest BCUT2D eigenvalue weighted by molar-refractivity contribution is -0.137. The van der Waals surface area contributed by atoms with Crippen molar-refractivity contribution in [2.45, 2.75) is 12.7 Å². The zero-order valence-electron chi connectivity index (χ0n) is 13.3. The second-order valence-electron chi connectivity index (χ2n) is 5.34. The predicted octanol–water partition coefficient (Wildman–Crippen LogP) is 4.02. The first kappa shape index (κ1) is 19.0. The van der Waals surface area contributed by atoms with Crippen LogP contribution in [0.2, 0.25) is 5.02 Å². The first-order chi connectivity index (χ1) is 12.7. The highest BCUT2D eigenvalue weighted by atomic mass is 35.5. The van der Waals surface area contributed by atoms with E-state index in [1.807, 2.05) is 0 Å². The Morgan fingerprint density at radius 2 is 2.11 bits per heavy atom. The third-order valence-electron chi connectivity index (χ3n) is 3.50. The molecule has 0 saturated carbocycles. The van der Waals surface area contributed by atoms with Gasteiger partial charge in [-0.05, 0) is 36.5 Å². The van der Waals surface area contributed by atoms with Crippen molar-refractivity contribution in [2.75, 3.05) is 11.2 Å². The van der Waals surface area contributed by atoms with Crippen LogP contribution in [0.25, 0.3) is 0 Å². The van der Waals surface area contributed by atoms with Gasteiger partial charge in [0.05, 0.1) is 16.8 Å². The SMILES string of the molecule is Nc1nn(CC(=O)c2cc(C(F)(F)F)ccc2Cl)c(=S)n1Nc1ccco1. The van der Waals surface area contributed by atoms with E-state index in [9.17, 15) is 18.0 Å². The molecule has 0 bridgehead atoms. The Labute approximate surface area is 160 Å². The van der Waals surface area contributed by atoms with Crippen LogP contribution in [0.4, 0.5) is 25.0 Å². The Hall–Kier alpha value is -2.79. The van der Waals surface area contributed by atoms with Crippen LogP contribution < -0.4 is 11.2 Å². The molecule has 3 N–H and O–H groups in total. The number of aromatic nitrogens is 3. The molecule has 0 spiro atoms. The lowest BCUT2D eigenvalue weighted by atomic mass is 10.1. The van der Waals surface area contributed by atoms with Crippen molar-refractivity contribution in [2.24, 2.45) is 0 Å². The number of anilines is 2. The lowest BCUT2D eigenvalue weighted by Gasteiger charge is -2.10. The maximum Gasteiger partial charge on any atom is 0.416 e. The summed E-state index contributed by atoms with van der Waals surface area (Å²) in [6, 6.07) is 5.74. The van der Waals surface area contributed by atoms with Gasteiger partial charge in [-0.15, -0.1) is 5.10 Å². The standard InChI is InChI=1S/C15H11ClF3N5O2S/c16-10-4-3-8(15(17,18)19)6-9(10)11(25)7-23-14(27)24(13(20)22-23)21-12-2-1-5-26-12/h1-6,21H,7H2,(H2,20,22). The number of carbonyl (C=O) groups is 1. The van der Waals surface area contributed by atoms with Crippen molar-refractivity contribution in [3.8, 4) is 0 Å². The summed E-state index contributed by atoms with van der Waals surface area (Å²) in [5.41, 5.74) is 7.23. The fourth-order valence-electron chi connectivity index (χ4n) is 2.22. The highest BCUT2D eigenvalue weighted by Crippen LogP contribution is 2.32. The number of carbonyl (C=O) groups excluding carboxylic acids is 1. The number of hydrogen-bond donors (Lipinski definition) is 2. The van der Waals surface area contributed by atoms with Gasteiger partial charge in [0.2, 0.25) is 16.6 Å². The second-order valence-corrected chi connectivity index (χ2v) is 6.11. The number of benzene rings is 1. The number of nitrogens with one attached hydrogen (secondary N) is 1. The number of furan rings is 1. The number of halogens is 4. The quantitative estimate of drug-likeness (QED) is 0.481. The number of hydrogen-bond acceptors (Lipinski definition) is 6. The van der Waals surface area contributed by atoms with Crippen LogP contribution in [-0.2, 0) is 12.7 Å². The summed E-state index contributed by atoms with van der Waals surface area (Å²) in [6.45, 7) is -0.448. The molecular formula is C15H11ClF3N5O2S. The highest BCUT2D eigenvalue weighted by molar-refractivity contribution is 7.71. The zero-order valence-corrected chi connectivity index (χ0v) is 14.9. The number of nitrogens with zero attached hydrogens (tertiary/aromatic N) is 3. The van der Waals surface area contributed by atoms with Crippen LogP contribution in [-0.4, -0.2) is 20.2 Å². The minimum atomic E-state index is -4.60. The molecule has 0 unspecified atom stereocenters. The summed E-state index contributed by atoms with van der Waals surface area (Å²) in [7, 11) is 0. The summed E-state index contributed by atoms with van der Waals surface area (Å²) in [6.07, 6.45) is -3.18. The monoisotopic (exact) mass is 417 g/mol. The Morgan fingerprint density at radius 1 is 1.37 bits per heavy atom. The van der Waals surface area contributed by atoms with Crippen LogP contribution in [0, 0.1) is 4.77 Å². The summed E-state index contributed by atoms with van der Waals surface area (Å²) in [5, 5.41) is 3.81. The molecule has 0 radical (unpaired) electrons. The van der Waals surface area contributed by atoms with E-state index >= 15 is 0 Å². The van der Waals surface area contributed by atoms with Gasteiger partial charge in [-0.1, -0.05) is 11.6 Å². The molecule has 0 aliphatic carbocycles. The van der Waals surface area contributed by atoms with Crippen LogP contribution in [0.15, 0.2) is 41.0 Å². The number of ketones is 1. The average molecular weight is 418 g/mol. The number of rotatable bonds is 5. The van der Waals surface area contributed by atoms with E-state index in [4.69, 9.17) is 34.0 Å². The molecular weight excluding hydrogens is 407 g/mol. The molecule has 2 aromatic heterocycles. The normalized spacial score (nSPS) is 11.6. The first-order valence-electron chi connectivity index (χ1n) is 7.32. The molecule has 1 aromatic carbocycles. The van der Waals surface area contributed by atoms with Gasteiger partial charge >= 0.3 is 6.18 Å². The Kier molecular flexibility index (Phi) is 4.98. The molecule has 3 rings (SSSR count). The van der Waals surface area contributed by atoms with E-state index in [1.54, 1.807) is 12.1 Å². The topological polar surface area (TPSA) is 91.0 Å². The van der Waals surface area contributed by atoms with Gasteiger partial charge < -0.3 is 10.2 Å². The highest BCUT2D eigenvalue weighted by Gasteiger charge is 2.31. The molecule has 0 atom stereocenters.